The van der Waals surface area contributed by atoms with E-state index in [-0.39, 0.29) is 23.6 Å². The summed E-state index contributed by atoms with van der Waals surface area (Å²) in [5, 5.41) is 0. The number of benzene rings is 2. The molecule has 1 aliphatic heterocycles. The van der Waals surface area contributed by atoms with Crippen molar-refractivity contribution in [3.8, 4) is 23.0 Å². The van der Waals surface area contributed by atoms with Gasteiger partial charge >= 0.3 is 12.1 Å². The smallest absolute Gasteiger partial charge is 0.417 e. The molecule has 2 aromatic carbocycles. The van der Waals surface area contributed by atoms with Crippen LogP contribution in [-0.2, 0) is 20.5 Å². The van der Waals surface area contributed by atoms with E-state index in [0.717, 1.165) is 6.07 Å². The fraction of sp³-hybridized carbons (Fsp3) is 0.273. The first-order valence-electron chi connectivity index (χ1n) is 8.95. The molecule has 0 saturated carbocycles. The number of halogens is 3. The summed E-state index contributed by atoms with van der Waals surface area (Å²) in [7, 11) is 1.28. The molecule has 1 amide bonds. The molecule has 0 N–H and O–H groups in total. The Balaban J connectivity index is 1.83. The van der Waals surface area contributed by atoms with Crippen LogP contribution in [0.15, 0.2) is 48.5 Å². The maximum Gasteiger partial charge on any atom is 0.417 e. The highest BCUT2D eigenvalue weighted by molar-refractivity contribution is 5.94. The molecule has 0 aromatic heterocycles. The quantitative estimate of drug-likeness (QED) is 0.569. The summed E-state index contributed by atoms with van der Waals surface area (Å²) in [5.41, 5.74) is -0.222. The predicted octanol–water partition coefficient (Wildman–Crippen LogP) is 3.75. The zero-order valence-corrected chi connectivity index (χ0v) is 15.6. The van der Waals surface area contributed by atoms with E-state index in [1.54, 1.807) is 30.3 Å². The van der Waals surface area contributed by atoms with Crippen LogP contribution in [0.5, 0.6) is 0 Å². The van der Waals surface area contributed by atoms with Crippen molar-refractivity contribution in [2.45, 2.75) is 12.6 Å². The summed E-state index contributed by atoms with van der Waals surface area (Å²) in [6.07, 6.45) is -4.08. The number of hydrogen-bond donors (Lipinski definition) is 0. The van der Waals surface area contributed by atoms with E-state index in [2.05, 4.69) is 16.6 Å². The number of carbonyl (C=O) groups excluding carboxylic acids is 2. The lowest BCUT2D eigenvalue weighted by Crippen LogP contribution is -2.29. The van der Waals surface area contributed by atoms with Gasteiger partial charge in [-0.15, -0.1) is 0 Å². The number of ether oxygens (including phenoxy) is 1. The Bertz CT molecular complexity index is 974. The van der Waals surface area contributed by atoms with Gasteiger partial charge in [0, 0.05) is 24.6 Å². The number of esters is 1. The minimum atomic E-state index is -4.56. The second kappa shape index (κ2) is 8.39. The van der Waals surface area contributed by atoms with E-state index in [1.165, 1.54) is 24.1 Å². The Morgan fingerprint density at radius 2 is 1.86 bits per heavy atom. The van der Waals surface area contributed by atoms with Crippen LogP contribution < -0.4 is 0 Å². The van der Waals surface area contributed by atoms with Crippen molar-refractivity contribution in [2.24, 2.45) is 5.92 Å². The van der Waals surface area contributed by atoms with Gasteiger partial charge in [-0.2, -0.15) is 13.2 Å². The first-order chi connectivity index (χ1) is 13.8. The molecule has 1 atom stereocenters. The van der Waals surface area contributed by atoms with Gasteiger partial charge in [0.15, 0.2) is 0 Å². The van der Waals surface area contributed by atoms with Gasteiger partial charge < -0.3 is 9.64 Å². The first kappa shape index (κ1) is 20.5. The number of nitrogens with zero attached hydrogens (tertiary/aromatic N) is 1. The van der Waals surface area contributed by atoms with Crippen LogP contribution in [-0.4, -0.2) is 37.0 Å². The molecule has 1 aliphatic rings. The largest absolute Gasteiger partial charge is 0.469 e. The van der Waals surface area contributed by atoms with E-state index < -0.39 is 23.6 Å². The van der Waals surface area contributed by atoms with Crippen LogP contribution in [0.2, 0.25) is 0 Å². The number of alkyl halides is 3. The second-order valence-corrected chi connectivity index (χ2v) is 6.63. The van der Waals surface area contributed by atoms with Crippen molar-refractivity contribution in [1.82, 2.24) is 4.90 Å². The number of rotatable bonds is 2. The molecule has 1 unspecified atom stereocenters. The summed E-state index contributed by atoms with van der Waals surface area (Å²) >= 11 is 0. The highest BCUT2D eigenvalue weighted by atomic mass is 19.4. The Morgan fingerprint density at radius 1 is 1.14 bits per heavy atom. The number of amides is 1. The molecule has 3 rings (SSSR count). The number of hydrogen-bond acceptors (Lipinski definition) is 3. The molecule has 150 valence electrons. The van der Waals surface area contributed by atoms with Gasteiger partial charge in [0.05, 0.1) is 18.6 Å². The summed E-state index contributed by atoms with van der Waals surface area (Å²) in [6.45, 7) is 0.551. The average Bonchev–Trinajstić information content (AvgIpc) is 3.21. The number of carbonyl (C=O) groups is 2. The van der Waals surface area contributed by atoms with Gasteiger partial charge in [0.25, 0.3) is 5.91 Å². The fourth-order valence-corrected chi connectivity index (χ4v) is 3.23. The molecule has 4 nitrogen and oxygen atoms in total. The third-order valence-corrected chi connectivity index (χ3v) is 4.73. The minimum Gasteiger partial charge on any atom is -0.469 e. The van der Waals surface area contributed by atoms with Crippen molar-refractivity contribution < 1.29 is 27.5 Å². The Morgan fingerprint density at radius 3 is 2.52 bits per heavy atom. The predicted molar refractivity (Wildman–Crippen MR) is 100 cm³/mol. The number of methoxy groups -OCH3 is 1. The molecule has 0 spiro atoms. The van der Waals surface area contributed by atoms with Crippen molar-refractivity contribution in [2.75, 3.05) is 20.2 Å². The fourth-order valence-electron chi connectivity index (χ4n) is 3.23. The van der Waals surface area contributed by atoms with E-state index in [1.807, 2.05) is 0 Å². The third kappa shape index (κ3) is 4.77. The van der Waals surface area contributed by atoms with Crippen LogP contribution in [0.25, 0.3) is 11.1 Å². The van der Waals surface area contributed by atoms with E-state index in [4.69, 9.17) is 0 Å². The molecule has 1 fully saturated rings. The van der Waals surface area contributed by atoms with Crippen LogP contribution >= 0.6 is 0 Å². The van der Waals surface area contributed by atoms with E-state index in [0.29, 0.717) is 18.5 Å². The van der Waals surface area contributed by atoms with Crippen LogP contribution in [0.3, 0.4) is 0 Å². The third-order valence-electron chi connectivity index (χ3n) is 4.73. The van der Waals surface area contributed by atoms with Gasteiger partial charge in [-0.1, -0.05) is 42.3 Å². The Labute approximate surface area is 166 Å². The van der Waals surface area contributed by atoms with Crippen molar-refractivity contribution in [3.63, 3.8) is 0 Å². The van der Waals surface area contributed by atoms with Crippen LogP contribution in [0, 0.1) is 17.8 Å². The molecule has 29 heavy (non-hydrogen) atoms. The van der Waals surface area contributed by atoms with Crippen molar-refractivity contribution in [3.05, 3.63) is 59.7 Å². The van der Waals surface area contributed by atoms with Crippen LogP contribution in [0.4, 0.5) is 13.2 Å². The minimum absolute atomic E-state index is 0.0513. The van der Waals surface area contributed by atoms with E-state index in [9.17, 15) is 22.8 Å². The maximum absolute atomic E-state index is 13.5. The molecule has 0 aliphatic carbocycles. The highest BCUT2D eigenvalue weighted by Gasteiger charge is 2.34. The lowest BCUT2D eigenvalue weighted by Gasteiger charge is -2.14. The van der Waals surface area contributed by atoms with Crippen molar-refractivity contribution in [1.29, 1.82) is 0 Å². The molecule has 0 radical (unpaired) electrons. The molecular formula is C22H18F3NO3. The van der Waals surface area contributed by atoms with E-state index >= 15 is 0 Å². The number of likely N-dealkylation sites (tertiary alicyclic amines) is 1. The Hall–Kier alpha value is -3.27. The Kier molecular flexibility index (Phi) is 5.92. The molecule has 0 bridgehead atoms. The van der Waals surface area contributed by atoms with Gasteiger partial charge in [0.1, 0.15) is 0 Å². The van der Waals surface area contributed by atoms with Gasteiger partial charge in [-0.05, 0) is 29.7 Å². The summed E-state index contributed by atoms with van der Waals surface area (Å²) in [6, 6.07) is 12.0. The summed E-state index contributed by atoms with van der Waals surface area (Å²) in [5.74, 6) is 3.57. The lowest BCUT2D eigenvalue weighted by molar-refractivity contribution is -0.145. The van der Waals surface area contributed by atoms with Crippen LogP contribution in [0.1, 0.15) is 17.5 Å². The van der Waals surface area contributed by atoms with Gasteiger partial charge in [0.2, 0.25) is 0 Å². The average molecular weight is 401 g/mol. The molecule has 1 heterocycles. The van der Waals surface area contributed by atoms with Crippen molar-refractivity contribution >= 4 is 11.9 Å². The maximum atomic E-state index is 13.5. The first-order valence-corrected chi connectivity index (χ1v) is 8.95. The van der Waals surface area contributed by atoms with Gasteiger partial charge in [-0.3, -0.25) is 9.59 Å². The SMILES string of the molecule is COC(=O)C1CCN(C(=O)C#Cc2ccc(-c3ccccc3)c(C(F)(F)F)c2)C1. The molecule has 7 heteroatoms. The molecule has 1 saturated heterocycles. The molecular weight excluding hydrogens is 383 g/mol. The molecule has 2 aromatic rings. The second-order valence-electron chi connectivity index (χ2n) is 6.63. The zero-order chi connectivity index (χ0) is 21.0. The summed E-state index contributed by atoms with van der Waals surface area (Å²) < 4.78 is 45.3. The monoisotopic (exact) mass is 401 g/mol. The lowest BCUT2D eigenvalue weighted by atomic mass is 9.97. The van der Waals surface area contributed by atoms with Gasteiger partial charge in [-0.25, -0.2) is 0 Å². The normalized spacial score (nSPS) is 16.1. The topological polar surface area (TPSA) is 46.6 Å². The standard InChI is InChI=1S/C22H18F3NO3/c1-29-21(28)17-11-12-26(14-17)20(27)10-8-15-7-9-18(16-5-3-2-4-6-16)19(13-15)22(23,24)25/h2-7,9,13,17H,11-12,14H2,1H3. The highest BCUT2D eigenvalue weighted by Crippen LogP contribution is 2.37. The zero-order valence-electron chi connectivity index (χ0n) is 15.6. The summed E-state index contributed by atoms with van der Waals surface area (Å²) in [4.78, 5) is 25.2.